The molecule has 0 fully saturated rings. The molecule has 0 aliphatic carbocycles. The average molecular weight is 309 g/mol. The number of furan rings is 1. The van der Waals surface area contributed by atoms with Crippen molar-refractivity contribution >= 4 is 34.1 Å². The number of benzene rings is 1. The van der Waals surface area contributed by atoms with Crippen molar-refractivity contribution in [3.63, 3.8) is 0 Å². The zero-order valence-electron chi connectivity index (χ0n) is 10.8. The SMILES string of the molecule is Clc1cc(Cl)c2ccn(CCNCc3ccco3)c2c1. The maximum Gasteiger partial charge on any atom is 0.117 e. The summed E-state index contributed by atoms with van der Waals surface area (Å²) >= 11 is 12.2. The molecule has 0 spiro atoms. The van der Waals surface area contributed by atoms with Crippen molar-refractivity contribution in [1.29, 1.82) is 0 Å². The third-order valence-corrected chi connectivity index (χ3v) is 3.74. The summed E-state index contributed by atoms with van der Waals surface area (Å²) in [6.07, 6.45) is 3.71. The van der Waals surface area contributed by atoms with E-state index < -0.39 is 0 Å². The van der Waals surface area contributed by atoms with Crippen LogP contribution >= 0.6 is 23.2 Å². The normalized spacial score (nSPS) is 11.3. The van der Waals surface area contributed by atoms with Gasteiger partial charge in [0.15, 0.2) is 0 Å². The minimum atomic E-state index is 0.658. The Morgan fingerprint density at radius 1 is 1.20 bits per heavy atom. The first-order valence-electron chi connectivity index (χ1n) is 6.41. The Balaban J connectivity index is 1.65. The number of hydrogen-bond donors (Lipinski definition) is 1. The number of hydrogen-bond acceptors (Lipinski definition) is 2. The topological polar surface area (TPSA) is 30.1 Å². The molecular formula is C15H14Cl2N2O. The molecule has 3 nitrogen and oxygen atoms in total. The van der Waals surface area contributed by atoms with Crippen molar-refractivity contribution in [3.05, 3.63) is 58.6 Å². The summed E-state index contributed by atoms with van der Waals surface area (Å²) in [7, 11) is 0. The highest BCUT2D eigenvalue weighted by atomic mass is 35.5. The summed E-state index contributed by atoms with van der Waals surface area (Å²) in [6.45, 7) is 2.42. The van der Waals surface area contributed by atoms with Gasteiger partial charge < -0.3 is 14.3 Å². The van der Waals surface area contributed by atoms with Gasteiger partial charge in [-0.2, -0.15) is 0 Å². The maximum atomic E-state index is 6.18. The lowest BCUT2D eigenvalue weighted by molar-refractivity contribution is 0.477. The van der Waals surface area contributed by atoms with Crippen LogP contribution in [0.25, 0.3) is 10.9 Å². The van der Waals surface area contributed by atoms with E-state index in [0.717, 1.165) is 36.3 Å². The second-order valence-corrected chi connectivity index (χ2v) is 5.43. The summed E-state index contributed by atoms with van der Waals surface area (Å²) in [6, 6.07) is 9.57. The number of nitrogens with zero attached hydrogens (tertiary/aromatic N) is 1. The number of fused-ring (bicyclic) bond motifs is 1. The minimum absolute atomic E-state index is 0.658. The lowest BCUT2D eigenvalue weighted by atomic mass is 10.2. The van der Waals surface area contributed by atoms with Crippen molar-refractivity contribution < 1.29 is 4.42 Å². The molecule has 0 aliphatic rings. The van der Waals surface area contributed by atoms with Crippen molar-refractivity contribution in [1.82, 2.24) is 9.88 Å². The van der Waals surface area contributed by atoms with Gasteiger partial charge in [-0.05, 0) is 30.3 Å². The van der Waals surface area contributed by atoms with Crippen LogP contribution in [0.5, 0.6) is 0 Å². The Morgan fingerprint density at radius 3 is 2.90 bits per heavy atom. The zero-order valence-corrected chi connectivity index (χ0v) is 12.3. The molecule has 20 heavy (non-hydrogen) atoms. The molecule has 1 aromatic carbocycles. The van der Waals surface area contributed by atoms with Crippen LogP contribution in [-0.4, -0.2) is 11.1 Å². The van der Waals surface area contributed by atoms with Crippen LogP contribution in [0.15, 0.2) is 47.2 Å². The van der Waals surface area contributed by atoms with Gasteiger partial charge in [-0.1, -0.05) is 23.2 Å². The molecule has 0 radical (unpaired) electrons. The Morgan fingerprint density at radius 2 is 2.10 bits per heavy atom. The van der Waals surface area contributed by atoms with E-state index in [9.17, 15) is 0 Å². The molecule has 0 saturated carbocycles. The van der Waals surface area contributed by atoms with Crippen molar-refractivity contribution in [3.8, 4) is 0 Å². The first-order chi connectivity index (χ1) is 9.74. The average Bonchev–Trinajstić information content (AvgIpc) is 3.04. The van der Waals surface area contributed by atoms with Gasteiger partial charge in [0.05, 0.1) is 23.3 Å². The summed E-state index contributed by atoms with van der Waals surface area (Å²) < 4.78 is 7.41. The molecule has 0 saturated heterocycles. The lowest BCUT2D eigenvalue weighted by Gasteiger charge is -2.07. The summed E-state index contributed by atoms with van der Waals surface area (Å²) in [5.74, 6) is 0.938. The van der Waals surface area contributed by atoms with E-state index >= 15 is 0 Å². The van der Waals surface area contributed by atoms with Gasteiger partial charge in [0.2, 0.25) is 0 Å². The molecule has 5 heteroatoms. The van der Waals surface area contributed by atoms with Gasteiger partial charge in [0.1, 0.15) is 5.76 Å². The zero-order chi connectivity index (χ0) is 13.9. The Hall–Kier alpha value is -1.42. The molecule has 0 bridgehead atoms. The largest absolute Gasteiger partial charge is 0.468 e. The number of rotatable bonds is 5. The Kier molecular flexibility index (Phi) is 4.01. The fourth-order valence-electron chi connectivity index (χ4n) is 2.24. The molecule has 3 aromatic rings. The highest BCUT2D eigenvalue weighted by Gasteiger charge is 2.06. The Labute approximate surface area is 127 Å². The molecule has 0 amide bonds. The van der Waals surface area contributed by atoms with E-state index in [2.05, 4.69) is 9.88 Å². The van der Waals surface area contributed by atoms with Crippen molar-refractivity contribution in [2.45, 2.75) is 13.1 Å². The quantitative estimate of drug-likeness (QED) is 0.711. The second-order valence-electron chi connectivity index (χ2n) is 4.59. The molecular weight excluding hydrogens is 295 g/mol. The third-order valence-electron chi connectivity index (χ3n) is 3.21. The summed E-state index contributed by atoms with van der Waals surface area (Å²) in [5.41, 5.74) is 1.06. The number of nitrogens with one attached hydrogen (secondary N) is 1. The van der Waals surface area contributed by atoms with Crippen LogP contribution in [0.1, 0.15) is 5.76 Å². The van der Waals surface area contributed by atoms with E-state index in [1.165, 1.54) is 0 Å². The van der Waals surface area contributed by atoms with Gasteiger partial charge in [-0.15, -0.1) is 0 Å². The molecule has 0 unspecified atom stereocenters. The van der Waals surface area contributed by atoms with E-state index in [0.29, 0.717) is 10.0 Å². The second kappa shape index (κ2) is 5.92. The van der Waals surface area contributed by atoms with Gasteiger partial charge in [0.25, 0.3) is 0 Å². The van der Waals surface area contributed by atoms with Crippen LogP contribution in [0.2, 0.25) is 10.0 Å². The number of halogens is 2. The van der Waals surface area contributed by atoms with Gasteiger partial charge in [-0.25, -0.2) is 0 Å². The first-order valence-corrected chi connectivity index (χ1v) is 7.16. The molecule has 2 heterocycles. The minimum Gasteiger partial charge on any atom is -0.468 e. The third kappa shape index (κ3) is 2.85. The molecule has 0 atom stereocenters. The van der Waals surface area contributed by atoms with Crippen LogP contribution in [0.4, 0.5) is 0 Å². The molecule has 104 valence electrons. The first kappa shape index (κ1) is 13.6. The van der Waals surface area contributed by atoms with Gasteiger partial charge in [0, 0.05) is 29.7 Å². The van der Waals surface area contributed by atoms with Crippen LogP contribution in [0.3, 0.4) is 0 Å². The van der Waals surface area contributed by atoms with Crippen LogP contribution < -0.4 is 5.32 Å². The Bertz CT molecular complexity index is 704. The standard InChI is InChI=1S/C15H14Cl2N2O/c16-11-8-14(17)13-3-5-19(15(13)9-11)6-4-18-10-12-2-1-7-20-12/h1-3,5,7-9,18H,4,6,10H2. The summed E-state index contributed by atoms with van der Waals surface area (Å²) in [5, 5.41) is 5.72. The molecule has 2 aromatic heterocycles. The predicted octanol–water partition coefficient (Wildman–Crippen LogP) is 4.33. The monoisotopic (exact) mass is 308 g/mol. The van der Waals surface area contributed by atoms with Crippen molar-refractivity contribution in [2.75, 3.05) is 6.54 Å². The number of aromatic nitrogens is 1. The maximum absolute atomic E-state index is 6.18. The summed E-state index contributed by atoms with van der Waals surface area (Å²) in [4.78, 5) is 0. The van der Waals surface area contributed by atoms with E-state index in [4.69, 9.17) is 27.6 Å². The highest BCUT2D eigenvalue weighted by molar-refractivity contribution is 6.38. The fourth-order valence-corrected chi connectivity index (χ4v) is 2.78. The van der Waals surface area contributed by atoms with Gasteiger partial charge >= 0.3 is 0 Å². The highest BCUT2D eigenvalue weighted by Crippen LogP contribution is 2.28. The van der Waals surface area contributed by atoms with Crippen LogP contribution in [-0.2, 0) is 13.1 Å². The smallest absolute Gasteiger partial charge is 0.117 e. The van der Waals surface area contributed by atoms with Crippen LogP contribution in [0, 0.1) is 0 Å². The molecule has 1 N–H and O–H groups in total. The van der Waals surface area contributed by atoms with E-state index in [1.807, 2.05) is 30.5 Å². The fraction of sp³-hybridized carbons (Fsp3) is 0.200. The van der Waals surface area contributed by atoms with Gasteiger partial charge in [-0.3, -0.25) is 0 Å². The molecule has 0 aliphatic heterocycles. The van der Waals surface area contributed by atoms with Crippen molar-refractivity contribution in [2.24, 2.45) is 0 Å². The van der Waals surface area contributed by atoms with E-state index in [-0.39, 0.29) is 0 Å². The predicted molar refractivity (Wildman–Crippen MR) is 82.4 cm³/mol. The lowest BCUT2D eigenvalue weighted by Crippen LogP contribution is -2.18. The molecule has 3 rings (SSSR count). The van der Waals surface area contributed by atoms with E-state index in [1.54, 1.807) is 12.3 Å².